The second kappa shape index (κ2) is 6.18. The number of rotatable bonds is 7. The van der Waals surface area contributed by atoms with Gasteiger partial charge in [0.15, 0.2) is 0 Å². The van der Waals surface area contributed by atoms with Gasteiger partial charge in [0.25, 0.3) is 0 Å². The molecule has 2 heterocycles. The standard InChI is InChI=1S/C16H24N4S/c1-4-7-17-16-19-14(18-10(2)8-12-5-6-12)13-9-11(3)21-15(13)20-16/h9-10,12H,4-8H2,1-3H3,(H2,17,18,19,20). The lowest BCUT2D eigenvalue weighted by molar-refractivity contribution is 0.641. The van der Waals surface area contributed by atoms with E-state index in [9.17, 15) is 0 Å². The smallest absolute Gasteiger partial charge is 0.226 e. The van der Waals surface area contributed by atoms with Gasteiger partial charge >= 0.3 is 0 Å². The summed E-state index contributed by atoms with van der Waals surface area (Å²) in [7, 11) is 0. The van der Waals surface area contributed by atoms with Gasteiger partial charge in [-0.2, -0.15) is 4.98 Å². The van der Waals surface area contributed by atoms with E-state index in [2.05, 4.69) is 42.5 Å². The van der Waals surface area contributed by atoms with Crippen LogP contribution in [0.3, 0.4) is 0 Å². The Morgan fingerprint density at radius 2 is 2.19 bits per heavy atom. The Balaban J connectivity index is 1.85. The maximum atomic E-state index is 4.69. The van der Waals surface area contributed by atoms with Gasteiger partial charge < -0.3 is 10.6 Å². The van der Waals surface area contributed by atoms with Gasteiger partial charge in [-0.15, -0.1) is 11.3 Å². The van der Waals surface area contributed by atoms with Crippen molar-refractivity contribution in [3.8, 4) is 0 Å². The minimum atomic E-state index is 0.467. The molecule has 0 radical (unpaired) electrons. The van der Waals surface area contributed by atoms with Crippen molar-refractivity contribution in [2.45, 2.75) is 52.5 Å². The predicted molar refractivity (Wildman–Crippen MR) is 91.4 cm³/mol. The molecule has 0 aliphatic heterocycles. The first-order valence-corrected chi connectivity index (χ1v) is 8.76. The Morgan fingerprint density at radius 3 is 2.90 bits per heavy atom. The Kier molecular flexibility index (Phi) is 4.29. The summed E-state index contributed by atoms with van der Waals surface area (Å²) in [6.07, 6.45) is 5.11. The molecular formula is C16H24N4S. The average Bonchev–Trinajstić information content (AvgIpc) is 3.15. The fourth-order valence-electron chi connectivity index (χ4n) is 2.61. The number of fused-ring (bicyclic) bond motifs is 1. The quantitative estimate of drug-likeness (QED) is 0.795. The normalized spacial score (nSPS) is 16.1. The lowest BCUT2D eigenvalue weighted by Gasteiger charge is -2.15. The van der Waals surface area contributed by atoms with Crippen molar-refractivity contribution in [2.75, 3.05) is 17.2 Å². The fourth-order valence-corrected chi connectivity index (χ4v) is 3.49. The van der Waals surface area contributed by atoms with Gasteiger partial charge in [-0.1, -0.05) is 19.8 Å². The van der Waals surface area contributed by atoms with Gasteiger partial charge in [-0.05, 0) is 38.7 Å². The zero-order valence-electron chi connectivity index (χ0n) is 13.1. The number of thiophene rings is 1. The van der Waals surface area contributed by atoms with Crippen molar-refractivity contribution in [3.63, 3.8) is 0 Å². The van der Waals surface area contributed by atoms with Crippen LogP contribution in [0.25, 0.3) is 10.2 Å². The molecule has 1 unspecified atom stereocenters. The van der Waals surface area contributed by atoms with Gasteiger partial charge in [0.05, 0.1) is 5.39 Å². The summed E-state index contributed by atoms with van der Waals surface area (Å²) >= 11 is 1.74. The molecule has 0 saturated heterocycles. The van der Waals surface area contributed by atoms with Crippen LogP contribution in [-0.4, -0.2) is 22.6 Å². The van der Waals surface area contributed by atoms with Crippen LogP contribution in [0.4, 0.5) is 11.8 Å². The number of hydrogen-bond donors (Lipinski definition) is 2. The molecule has 1 saturated carbocycles. The van der Waals surface area contributed by atoms with Gasteiger partial charge in [-0.25, -0.2) is 4.98 Å². The highest BCUT2D eigenvalue weighted by Gasteiger charge is 2.24. The maximum absolute atomic E-state index is 4.69. The van der Waals surface area contributed by atoms with Crippen LogP contribution in [-0.2, 0) is 0 Å². The number of anilines is 2. The molecule has 2 aromatic heterocycles. The third-order valence-electron chi connectivity index (χ3n) is 3.82. The summed E-state index contributed by atoms with van der Waals surface area (Å²) in [5, 5.41) is 8.06. The lowest BCUT2D eigenvalue weighted by Crippen LogP contribution is -2.17. The van der Waals surface area contributed by atoms with Crippen LogP contribution in [0, 0.1) is 12.8 Å². The molecule has 3 rings (SSSR count). The zero-order valence-corrected chi connectivity index (χ0v) is 13.9. The maximum Gasteiger partial charge on any atom is 0.226 e. The van der Waals surface area contributed by atoms with E-state index in [1.807, 2.05) is 0 Å². The monoisotopic (exact) mass is 304 g/mol. The topological polar surface area (TPSA) is 49.8 Å². The second-order valence-electron chi connectivity index (χ2n) is 6.12. The summed E-state index contributed by atoms with van der Waals surface area (Å²) in [6.45, 7) is 7.44. The lowest BCUT2D eigenvalue weighted by atomic mass is 10.1. The van der Waals surface area contributed by atoms with E-state index >= 15 is 0 Å². The molecular weight excluding hydrogens is 280 g/mol. The number of hydrogen-bond acceptors (Lipinski definition) is 5. The van der Waals surface area contributed by atoms with Crippen molar-refractivity contribution >= 4 is 33.3 Å². The van der Waals surface area contributed by atoms with Crippen molar-refractivity contribution in [1.82, 2.24) is 9.97 Å². The SMILES string of the molecule is CCCNc1nc(NC(C)CC2CC2)c2cc(C)sc2n1. The summed E-state index contributed by atoms with van der Waals surface area (Å²) in [5.41, 5.74) is 0. The molecule has 5 heteroatoms. The van der Waals surface area contributed by atoms with Crippen LogP contribution in [0.5, 0.6) is 0 Å². The largest absolute Gasteiger partial charge is 0.367 e. The minimum Gasteiger partial charge on any atom is -0.367 e. The average molecular weight is 304 g/mol. The highest BCUT2D eigenvalue weighted by Crippen LogP contribution is 2.35. The molecule has 2 N–H and O–H groups in total. The van der Waals surface area contributed by atoms with E-state index in [4.69, 9.17) is 4.98 Å². The molecule has 4 nitrogen and oxygen atoms in total. The number of nitrogens with zero attached hydrogens (tertiary/aromatic N) is 2. The van der Waals surface area contributed by atoms with Crippen molar-refractivity contribution in [2.24, 2.45) is 5.92 Å². The first-order valence-electron chi connectivity index (χ1n) is 7.94. The van der Waals surface area contributed by atoms with Gasteiger partial charge in [-0.3, -0.25) is 0 Å². The molecule has 1 aliphatic rings. The van der Waals surface area contributed by atoms with Crippen LogP contribution < -0.4 is 10.6 Å². The molecule has 0 aromatic carbocycles. The first-order chi connectivity index (χ1) is 10.2. The van der Waals surface area contributed by atoms with Gasteiger partial charge in [0, 0.05) is 17.5 Å². The molecule has 0 spiro atoms. The molecule has 0 amide bonds. The Labute approximate surface area is 130 Å². The van der Waals surface area contributed by atoms with Crippen molar-refractivity contribution in [3.05, 3.63) is 10.9 Å². The Bertz CT molecular complexity index is 618. The van der Waals surface area contributed by atoms with Gasteiger partial charge in [0.2, 0.25) is 5.95 Å². The molecule has 1 fully saturated rings. The highest BCUT2D eigenvalue weighted by molar-refractivity contribution is 7.18. The molecule has 21 heavy (non-hydrogen) atoms. The van der Waals surface area contributed by atoms with E-state index in [1.165, 1.54) is 24.1 Å². The summed E-state index contributed by atoms with van der Waals surface area (Å²) < 4.78 is 0. The Hall–Kier alpha value is -1.36. The minimum absolute atomic E-state index is 0.467. The van der Waals surface area contributed by atoms with Crippen molar-refractivity contribution in [1.29, 1.82) is 0 Å². The molecule has 1 atom stereocenters. The van der Waals surface area contributed by atoms with E-state index < -0.39 is 0 Å². The van der Waals surface area contributed by atoms with Crippen LogP contribution in [0.2, 0.25) is 0 Å². The highest BCUT2D eigenvalue weighted by atomic mass is 32.1. The van der Waals surface area contributed by atoms with E-state index in [0.29, 0.717) is 6.04 Å². The fraction of sp³-hybridized carbons (Fsp3) is 0.625. The van der Waals surface area contributed by atoms with Gasteiger partial charge in [0.1, 0.15) is 10.6 Å². The Morgan fingerprint density at radius 1 is 1.38 bits per heavy atom. The van der Waals surface area contributed by atoms with E-state index in [1.54, 1.807) is 11.3 Å². The molecule has 2 aromatic rings. The second-order valence-corrected chi connectivity index (χ2v) is 7.36. The number of nitrogens with one attached hydrogen (secondary N) is 2. The van der Waals surface area contributed by atoms with E-state index in [0.717, 1.165) is 40.9 Å². The van der Waals surface area contributed by atoms with Crippen LogP contribution >= 0.6 is 11.3 Å². The van der Waals surface area contributed by atoms with Crippen LogP contribution in [0.15, 0.2) is 6.07 Å². The summed E-state index contributed by atoms with van der Waals surface area (Å²) in [4.78, 5) is 11.7. The third-order valence-corrected chi connectivity index (χ3v) is 4.76. The molecule has 1 aliphatic carbocycles. The zero-order chi connectivity index (χ0) is 14.8. The van der Waals surface area contributed by atoms with Crippen molar-refractivity contribution < 1.29 is 0 Å². The molecule has 114 valence electrons. The van der Waals surface area contributed by atoms with Crippen LogP contribution in [0.1, 0.15) is 44.4 Å². The number of aryl methyl sites for hydroxylation is 1. The third kappa shape index (κ3) is 3.64. The summed E-state index contributed by atoms with van der Waals surface area (Å²) in [5.74, 6) is 2.65. The first kappa shape index (κ1) is 14.6. The van der Waals surface area contributed by atoms with E-state index in [-0.39, 0.29) is 0 Å². The summed E-state index contributed by atoms with van der Waals surface area (Å²) in [6, 6.07) is 2.66. The number of aromatic nitrogens is 2. The predicted octanol–water partition coefficient (Wildman–Crippen LogP) is 4.42. The molecule has 0 bridgehead atoms.